The van der Waals surface area contributed by atoms with E-state index < -0.39 is 28.9 Å². The van der Waals surface area contributed by atoms with E-state index in [4.69, 9.17) is 0 Å². The van der Waals surface area contributed by atoms with Crippen LogP contribution in [0.15, 0.2) is 41.4 Å². The van der Waals surface area contributed by atoms with Crippen molar-refractivity contribution in [3.05, 3.63) is 64.2 Å². The lowest BCUT2D eigenvalue weighted by Gasteiger charge is -2.03. The van der Waals surface area contributed by atoms with Gasteiger partial charge in [-0.3, -0.25) is 4.79 Å². The Balaban J connectivity index is 2.19. The largest absolute Gasteiger partial charge is 0.316 e. The predicted molar refractivity (Wildman–Crippen MR) is 86.3 cm³/mol. The number of aryl methyl sites for hydroxylation is 1. The van der Waals surface area contributed by atoms with Crippen LogP contribution < -0.4 is 4.80 Å². The van der Waals surface area contributed by atoms with Gasteiger partial charge in [-0.05, 0) is 36.8 Å². The average Bonchev–Trinajstić information content (AvgIpc) is 2.84. The van der Waals surface area contributed by atoms with E-state index in [0.29, 0.717) is 11.2 Å². The van der Waals surface area contributed by atoms with Gasteiger partial charge in [0, 0.05) is 6.54 Å². The molecular formula is C17H13F3N2OS. The number of hydrogen-bond donors (Lipinski definition) is 0. The van der Waals surface area contributed by atoms with E-state index in [0.717, 1.165) is 35.4 Å². The van der Waals surface area contributed by atoms with Gasteiger partial charge in [0.1, 0.15) is 23.0 Å². The molecule has 0 atom stereocenters. The van der Waals surface area contributed by atoms with Crippen LogP contribution in [0.3, 0.4) is 0 Å². The van der Waals surface area contributed by atoms with E-state index >= 15 is 0 Å². The number of carbonyl (C=O) groups is 1. The summed E-state index contributed by atoms with van der Waals surface area (Å²) in [6.07, 6.45) is 0.763. The lowest BCUT2D eigenvalue weighted by atomic mass is 10.2. The zero-order valence-corrected chi connectivity index (χ0v) is 13.5. The van der Waals surface area contributed by atoms with Gasteiger partial charge in [-0.2, -0.15) is 4.99 Å². The Morgan fingerprint density at radius 3 is 2.54 bits per heavy atom. The van der Waals surface area contributed by atoms with Crippen molar-refractivity contribution in [1.29, 1.82) is 0 Å². The van der Waals surface area contributed by atoms with Gasteiger partial charge < -0.3 is 4.57 Å². The van der Waals surface area contributed by atoms with Crippen LogP contribution in [-0.4, -0.2) is 10.5 Å². The third-order valence-electron chi connectivity index (χ3n) is 3.47. The molecule has 2 aromatic carbocycles. The molecule has 7 heteroatoms. The smallest absolute Gasteiger partial charge is 0.285 e. The molecule has 0 bridgehead atoms. The molecule has 1 aromatic heterocycles. The minimum Gasteiger partial charge on any atom is -0.316 e. The minimum absolute atomic E-state index is 0.283. The number of thiazole rings is 1. The van der Waals surface area contributed by atoms with Crippen molar-refractivity contribution < 1.29 is 18.0 Å². The summed E-state index contributed by atoms with van der Waals surface area (Å²) in [5.74, 6) is -3.32. The summed E-state index contributed by atoms with van der Waals surface area (Å²) in [7, 11) is 0. The first kappa shape index (κ1) is 16.4. The van der Waals surface area contributed by atoms with Gasteiger partial charge in [0.15, 0.2) is 4.80 Å². The summed E-state index contributed by atoms with van der Waals surface area (Å²) in [6.45, 7) is 2.50. The molecule has 24 heavy (non-hydrogen) atoms. The van der Waals surface area contributed by atoms with Gasteiger partial charge in [-0.1, -0.05) is 24.3 Å². The van der Waals surface area contributed by atoms with Gasteiger partial charge in [0.25, 0.3) is 5.91 Å². The zero-order valence-electron chi connectivity index (χ0n) is 12.7. The maximum Gasteiger partial charge on any atom is 0.285 e. The van der Waals surface area contributed by atoms with E-state index in [9.17, 15) is 18.0 Å². The maximum absolute atomic E-state index is 13.7. The molecule has 0 aliphatic carbocycles. The number of benzene rings is 2. The van der Waals surface area contributed by atoms with Crippen LogP contribution in [0.2, 0.25) is 0 Å². The fourth-order valence-electron chi connectivity index (χ4n) is 2.42. The molecule has 0 fully saturated rings. The number of carbonyl (C=O) groups excluding carboxylic acids is 1. The van der Waals surface area contributed by atoms with Gasteiger partial charge in [0.2, 0.25) is 0 Å². The van der Waals surface area contributed by atoms with Gasteiger partial charge in [-0.25, -0.2) is 13.2 Å². The Bertz CT molecular complexity index is 971. The van der Waals surface area contributed by atoms with Crippen molar-refractivity contribution in [2.75, 3.05) is 0 Å². The highest BCUT2D eigenvalue weighted by Crippen LogP contribution is 2.19. The highest BCUT2D eigenvalue weighted by atomic mass is 32.1. The Labute approximate surface area is 139 Å². The van der Waals surface area contributed by atoms with E-state index in [1.165, 1.54) is 18.2 Å². The van der Waals surface area contributed by atoms with Crippen LogP contribution in [-0.2, 0) is 6.54 Å². The van der Waals surface area contributed by atoms with Crippen LogP contribution in [0.4, 0.5) is 13.2 Å². The number of nitrogens with zero attached hydrogens (tertiary/aromatic N) is 2. The van der Waals surface area contributed by atoms with E-state index in [2.05, 4.69) is 4.99 Å². The lowest BCUT2D eigenvalue weighted by Crippen LogP contribution is -2.17. The van der Waals surface area contributed by atoms with E-state index in [1.807, 2.05) is 6.92 Å². The van der Waals surface area contributed by atoms with Crippen molar-refractivity contribution in [3.63, 3.8) is 0 Å². The number of amides is 1. The molecule has 1 amide bonds. The topological polar surface area (TPSA) is 34.4 Å². The molecule has 0 unspecified atom stereocenters. The molecule has 0 spiro atoms. The Morgan fingerprint density at radius 2 is 1.88 bits per heavy atom. The molecule has 0 aliphatic heterocycles. The maximum atomic E-state index is 13.7. The fraction of sp³-hybridized carbons (Fsp3) is 0.176. The van der Waals surface area contributed by atoms with E-state index in [1.54, 1.807) is 10.6 Å². The number of rotatable bonds is 3. The highest BCUT2D eigenvalue weighted by Gasteiger charge is 2.17. The van der Waals surface area contributed by atoms with Crippen LogP contribution in [0, 0.1) is 17.5 Å². The van der Waals surface area contributed by atoms with E-state index in [-0.39, 0.29) is 4.80 Å². The molecule has 1 heterocycles. The van der Waals surface area contributed by atoms with Crippen LogP contribution >= 0.6 is 11.3 Å². The Hall–Kier alpha value is -2.41. The van der Waals surface area contributed by atoms with Crippen molar-refractivity contribution in [2.45, 2.75) is 19.9 Å². The summed E-state index contributed by atoms with van der Waals surface area (Å²) in [6, 6.07) is 7.46. The molecular weight excluding hydrogens is 337 g/mol. The Kier molecular flexibility index (Phi) is 4.53. The SMILES string of the molecule is CCCn1c(=NC(=O)c2c(F)cccc2F)sc2cc(F)ccc21. The van der Waals surface area contributed by atoms with Crippen molar-refractivity contribution in [1.82, 2.24) is 4.57 Å². The molecule has 0 saturated carbocycles. The Morgan fingerprint density at radius 1 is 1.17 bits per heavy atom. The average molecular weight is 350 g/mol. The molecule has 3 nitrogen and oxygen atoms in total. The first-order valence-electron chi connectivity index (χ1n) is 7.33. The quantitative estimate of drug-likeness (QED) is 0.695. The molecule has 0 saturated heterocycles. The van der Waals surface area contributed by atoms with Gasteiger partial charge in [-0.15, -0.1) is 0 Å². The summed E-state index contributed by atoms with van der Waals surface area (Å²) in [5, 5.41) is 0. The molecule has 0 radical (unpaired) electrons. The molecule has 0 aliphatic rings. The summed E-state index contributed by atoms with van der Waals surface area (Å²) >= 11 is 1.10. The number of aromatic nitrogens is 1. The predicted octanol–water partition coefficient (Wildman–Crippen LogP) is 4.27. The second-order valence-corrected chi connectivity index (χ2v) is 6.17. The first-order chi connectivity index (χ1) is 11.5. The fourth-order valence-corrected chi connectivity index (χ4v) is 3.50. The van der Waals surface area contributed by atoms with Crippen molar-refractivity contribution in [2.24, 2.45) is 4.99 Å². The summed E-state index contributed by atoms with van der Waals surface area (Å²) in [5.41, 5.74) is 0.0352. The normalized spacial score (nSPS) is 12.1. The molecule has 3 rings (SSSR count). The third-order valence-corrected chi connectivity index (χ3v) is 4.51. The number of halogens is 3. The van der Waals surface area contributed by atoms with Crippen molar-refractivity contribution in [3.8, 4) is 0 Å². The number of hydrogen-bond acceptors (Lipinski definition) is 2. The van der Waals surface area contributed by atoms with Crippen LogP contribution in [0.25, 0.3) is 10.2 Å². The zero-order chi connectivity index (χ0) is 17.3. The summed E-state index contributed by atoms with van der Waals surface area (Å²) in [4.78, 5) is 16.4. The third kappa shape index (κ3) is 2.99. The van der Waals surface area contributed by atoms with Crippen LogP contribution in [0.5, 0.6) is 0 Å². The second-order valence-electron chi connectivity index (χ2n) is 5.16. The van der Waals surface area contributed by atoms with Crippen LogP contribution in [0.1, 0.15) is 23.7 Å². The standard InChI is InChI=1S/C17H13F3N2OS/c1-2-8-22-13-7-6-10(18)9-14(13)24-17(22)21-16(23)15-11(19)4-3-5-12(15)20/h3-7,9H,2,8H2,1H3. The minimum atomic E-state index is -0.998. The summed E-state index contributed by atoms with van der Waals surface area (Å²) < 4.78 is 43.2. The van der Waals surface area contributed by atoms with Gasteiger partial charge >= 0.3 is 0 Å². The second kappa shape index (κ2) is 6.60. The molecule has 0 N–H and O–H groups in total. The molecule has 3 aromatic rings. The van der Waals surface area contributed by atoms with Crippen molar-refractivity contribution >= 4 is 27.5 Å². The highest BCUT2D eigenvalue weighted by molar-refractivity contribution is 7.16. The lowest BCUT2D eigenvalue weighted by molar-refractivity contribution is 0.0990. The molecule has 124 valence electrons. The van der Waals surface area contributed by atoms with Gasteiger partial charge in [0.05, 0.1) is 10.2 Å². The monoisotopic (exact) mass is 350 g/mol. The number of fused-ring (bicyclic) bond motifs is 1. The first-order valence-corrected chi connectivity index (χ1v) is 8.15.